The lowest BCUT2D eigenvalue weighted by atomic mass is 9.92. The number of amides is 2. The van der Waals surface area contributed by atoms with Gasteiger partial charge in [-0.3, -0.25) is 14.5 Å². The zero-order valence-corrected chi connectivity index (χ0v) is 21.4. The van der Waals surface area contributed by atoms with Crippen molar-refractivity contribution in [2.24, 2.45) is 5.92 Å². The van der Waals surface area contributed by atoms with Crippen molar-refractivity contribution < 1.29 is 14.0 Å². The van der Waals surface area contributed by atoms with Gasteiger partial charge in [-0.05, 0) is 61.1 Å². The molecule has 4 rings (SSSR count). The molecule has 1 fully saturated rings. The third-order valence-corrected chi connectivity index (χ3v) is 7.66. The van der Waals surface area contributed by atoms with Crippen molar-refractivity contribution in [1.82, 2.24) is 14.8 Å². The molecule has 7 heteroatoms. The number of benzene rings is 1. The molecule has 1 unspecified atom stereocenters. The molecule has 1 heterocycles. The summed E-state index contributed by atoms with van der Waals surface area (Å²) >= 11 is 0. The lowest BCUT2D eigenvalue weighted by Gasteiger charge is -2.41. The molecule has 36 heavy (non-hydrogen) atoms. The number of fused-ring (bicyclic) bond motifs is 1. The van der Waals surface area contributed by atoms with Crippen molar-refractivity contribution >= 4 is 23.7 Å². The van der Waals surface area contributed by atoms with E-state index in [9.17, 15) is 14.0 Å². The third-order valence-electron chi connectivity index (χ3n) is 7.66. The number of carbonyl (C=O) groups is 2. The fourth-order valence-corrected chi connectivity index (χ4v) is 5.78. The van der Waals surface area contributed by atoms with E-state index < -0.39 is 12.2 Å². The highest BCUT2D eigenvalue weighted by atomic mass is 19.1. The maximum absolute atomic E-state index is 13.5. The fourth-order valence-electron chi connectivity index (χ4n) is 5.78. The summed E-state index contributed by atoms with van der Waals surface area (Å²) in [4.78, 5) is 34.1. The molecule has 0 spiro atoms. The Bertz CT molecular complexity index is 1080. The van der Waals surface area contributed by atoms with Gasteiger partial charge in [-0.2, -0.15) is 0 Å². The Balaban J connectivity index is 1.35. The Kier molecular flexibility index (Phi) is 8.52. The van der Waals surface area contributed by atoms with E-state index in [4.69, 9.17) is 0 Å². The summed E-state index contributed by atoms with van der Waals surface area (Å²) in [5.74, 6) is 0.567. The molecule has 0 saturated heterocycles. The molecule has 6 nitrogen and oxygen atoms in total. The van der Waals surface area contributed by atoms with Crippen molar-refractivity contribution in [3.63, 3.8) is 0 Å². The van der Waals surface area contributed by atoms with Crippen LogP contribution in [-0.4, -0.2) is 65.5 Å². The number of hydrogen-bond donors (Lipinski definition) is 1. The molecule has 1 N–H and O–H groups in total. The van der Waals surface area contributed by atoms with Gasteiger partial charge in [-0.1, -0.05) is 56.2 Å². The molecular weight excluding hydrogens is 455 g/mol. The number of anilines is 1. The van der Waals surface area contributed by atoms with Gasteiger partial charge in [-0.25, -0.2) is 9.37 Å². The molecule has 0 radical (unpaired) electrons. The van der Waals surface area contributed by atoms with Crippen LogP contribution < -0.4 is 5.32 Å². The van der Waals surface area contributed by atoms with Crippen LogP contribution in [0.3, 0.4) is 0 Å². The molecule has 0 aliphatic heterocycles. The number of likely N-dealkylation sites (N-methyl/N-ethyl adjacent to an activating group) is 2. The number of nitrogens with zero attached hydrogens (tertiary/aromatic N) is 3. The Hall–Kier alpha value is -3.06. The summed E-state index contributed by atoms with van der Waals surface area (Å²) < 4.78 is 13.2. The third kappa shape index (κ3) is 5.67. The molecule has 2 amide bonds. The Morgan fingerprint density at radius 3 is 2.64 bits per heavy atom. The molecule has 0 bridgehead atoms. The van der Waals surface area contributed by atoms with E-state index in [-0.39, 0.29) is 17.7 Å². The molecule has 2 aliphatic rings. The summed E-state index contributed by atoms with van der Waals surface area (Å²) in [7, 11) is 1.84. The summed E-state index contributed by atoms with van der Waals surface area (Å²) in [6.07, 6.45) is 10.8. The Morgan fingerprint density at radius 2 is 1.94 bits per heavy atom. The van der Waals surface area contributed by atoms with Gasteiger partial charge in [0.2, 0.25) is 11.8 Å². The SMILES string of the molecule is CCN(CCF)C1(C(=O)N(C)C/C=C/c2ccc3c(c2)CC(C(=O)Nc2ccccn2)C3)CCCC1. The van der Waals surface area contributed by atoms with Crippen LogP contribution >= 0.6 is 0 Å². The van der Waals surface area contributed by atoms with Gasteiger partial charge in [0, 0.05) is 32.3 Å². The lowest BCUT2D eigenvalue weighted by Crippen LogP contribution is -2.58. The first-order valence-corrected chi connectivity index (χ1v) is 13.0. The number of hydrogen-bond acceptors (Lipinski definition) is 4. The van der Waals surface area contributed by atoms with Gasteiger partial charge in [0.05, 0.1) is 0 Å². The normalized spacial score (nSPS) is 18.5. The molecule has 2 aromatic rings. The fraction of sp³-hybridized carbons (Fsp3) is 0.483. The van der Waals surface area contributed by atoms with Crippen LogP contribution in [0.2, 0.25) is 0 Å². The molecule has 2 aliphatic carbocycles. The monoisotopic (exact) mass is 492 g/mol. The van der Waals surface area contributed by atoms with Crippen molar-refractivity contribution in [1.29, 1.82) is 0 Å². The van der Waals surface area contributed by atoms with Crippen LogP contribution in [0.25, 0.3) is 6.08 Å². The predicted molar refractivity (Wildman–Crippen MR) is 141 cm³/mol. The Morgan fingerprint density at radius 1 is 1.17 bits per heavy atom. The van der Waals surface area contributed by atoms with Gasteiger partial charge < -0.3 is 10.2 Å². The molecule has 1 aromatic heterocycles. The van der Waals surface area contributed by atoms with Crippen LogP contribution in [0.4, 0.5) is 10.2 Å². The maximum Gasteiger partial charge on any atom is 0.243 e. The van der Waals surface area contributed by atoms with Crippen molar-refractivity contribution in [3.8, 4) is 0 Å². The highest BCUT2D eigenvalue weighted by molar-refractivity contribution is 5.92. The smallest absolute Gasteiger partial charge is 0.243 e. The van der Waals surface area contributed by atoms with Crippen molar-refractivity contribution in [2.45, 2.75) is 51.0 Å². The van der Waals surface area contributed by atoms with E-state index in [2.05, 4.69) is 28.5 Å². The average Bonchev–Trinajstić information content (AvgIpc) is 3.55. The summed E-state index contributed by atoms with van der Waals surface area (Å²) in [5.41, 5.74) is 2.89. The minimum atomic E-state index is -0.568. The van der Waals surface area contributed by atoms with Crippen LogP contribution in [0, 0.1) is 5.92 Å². The van der Waals surface area contributed by atoms with E-state index in [0.29, 0.717) is 31.9 Å². The molecule has 1 saturated carbocycles. The first-order valence-electron chi connectivity index (χ1n) is 13.0. The molecule has 192 valence electrons. The number of alkyl halides is 1. The van der Waals surface area contributed by atoms with Crippen molar-refractivity contribution in [3.05, 3.63) is 65.4 Å². The second-order valence-corrected chi connectivity index (χ2v) is 9.93. The van der Waals surface area contributed by atoms with E-state index in [1.807, 2.05) is 43.2 Å². The van der Waals surface area contributed by atoms with Gasteiger partial charge in [0.15, 0.2) is 0 Å². The molecular formula is C29H37FN4O2. The highest BCUT2D eigenvalue weighted by Gasteiger charge is 2.46. The van der Waals surface area contributed by atoms with E-state index in [1.165, 1.54) is 11.1 Å². The quantitative estimate of drug-likeness (QED) is 0.530. The topological polar surface area (TPSA) is 65.5 Å². The van der Waals surface area contributed by atoms with Crippen LogP contribution in [0.1, 0.15) is 49.3 Å². The maximum atomic E-state index is 13.5. The standard InChI is InChI=1S/C29H37FN4O2/c1-3-34(18-15-30)29(13-5-6-14-29)28(36)33(2)17-8-9-22-11-12-23-20-25(21-24(23)19-22)27(35)32-26-10-4-7-16-31-26/h4,7-12,16,19,25H,3,5-6,13-15,17-18,20-21H2,1-2H3,(H,31,32,35)/b9-8+. The largest absolute Gasteiger partial charge is 0.340 e. The van der Waals surface area contributed by atoms with E-state index in [1.54, 1.807) is 17.2 Å². The summed E-state index contributed by atoms with van der Waals surface area (Å²) in [5, 5.41) is 2.91. The number of aromatic nitrogens is 1. The first kappa shape index (κ1) is 26.0. The van der Waals surface area contributed by atoms with Gasteiger partial charge >= 0.3 is 0 Å². The minimum Gasteiger partial charge on any atom is -0.340 e. The lowest BCUT2D eigenvalue weighted by molar-refractivity contribution is -0.143. The summed E-state index contributed by atoms with van der Waals surface area (Å²) in [6.45, 7) is 3.05. The zero-order chi connectivity index (χ0) is 25.5. The zero-order valence-electron chi connectivity index (χ0n) is 21.4. The van der Waals surface area contributed by atoms with Crippen LogP contribution in [-0.2, 0) is 22.4 Å². The molecule has 1 aromatic carbocycles. The number of rotatable bonds is 10. The van der Waals surface area contributed by atoms with Crippen LogP contribution in [0.15, 0.2) is 48.7 Å². The van der Waals surface area contributed by atoms with E-state index in [0.717, 1.165) is 37.7 Å². The van der Waals surface area contributed by atoms with Gasteiger partial charge in [-0.15, -0.1) is 0 Å². The second kappa shape index (κ2) is 11.8. The number of halogens is 1. The highest BCUT2D eigenvalue weighted by Crippen LogP contribution is 2.37. The molecule has 1 atom stereocenters. The summed E-state index contributed by atoms with van der Waals surface area (Å²) in [6, 6.07) is 11.8. The second-order valence-electron chi connectivity index (χ2n) is 9.93. The Labute approximate surface area is 213 Å². The average molecular weight is 493 g/mol. The van der Waals surface area contributed by atoms with Gasteiger partial charge in [0.1, 0.15) is 18.0 Å². The van der Waals surface area contributed by atoms with E-state index >= 15 is 0 Å². The number of pyridine rings is 1. The number of carbonyl (C=O) groups excluding carboxylic acids is 2. The number of nitrogens with one attached hydrogen (secondary N) is 1. The van der Waals surface area contributed by atoms with Crippen LogP contribution in [0.5, 0.6) is 0 Å². The van der Waals surface area contributed by atoms with Crippen molar-refractivity contribution in [2.75, 3.05) is 38.7 Å². The van der Waals surface area contributed by atoms with Gasteiger partial charge in [0.25, 0.3) is 0 Å². The minimum absolute atomic E-state index is 0.00291. The predicted octanol–water partition coefficient (Wildman–Crippen LogP) is 4.51. The first-order chi connectivity index (χ1) is 17.5.